The van der Waals surface area contributed by atoms with E-state index in [-0.39, 0.29) is 24.8 Å². The zero-order chi connectivity index (χ0) is 24.0. The zero-order valence-corrected chi connectivity index (χ0v) is 25.1. The first kappa shape index (κ1) is 29.1. The summed E-state index contributed by atoms with van der Waals surface area (Å²) in [5, 5.41) is 5.50. The van der Waals surface area contributed by atoms with E-state index >= 15 is 0 Å². The number of rotatable bonds is 5. The molecule has 0 heterocycles. The van der Waals surface area contributed by atoms with Crippen LogP contribution in [0.3, 0.4) is 0 Å². The third-order valence-corrected chi connectivity index (χ3v) is 8.03. The van der Waals surface area contributed by atoms with Crippen LogP contribution in [0.25, 0.3) is 27.1 Å². The van der Waals surface area contributed by atoms with E-state index < -0.39 is 0 Å². The van der Waals surface area contributed by atoms with E-state index in [1.54, 1.807) is 0 Å². The summed E-state index contributed by atoms with van der Waals surface area (Å²) in [5.41, 5.74) is 7.04. The maximum absolute atomic E-state index is 2.40. The molecule has 0 fully saturated rings. The Morgan fingerprint density at radius 3 is 1.97 bits per heavy atom. The molecule has 0 N–H and O–H groups in total. The molecule has 0 atom stereocenters. The SMILES string of the molecule is CCCC1=CCC(c2cccc3c2[cH-]c2ccccc23)=C1.Cl.Cl.[Zr]=[C](c1ccccc1)c1ccccc1. The number of benzene rings is 4. The van der Waals surface area contributed by atoms with Crippen molar-refractivity contribution in [3.8, 4) is 0 Å². The molecule has 0 amide bonds. The molecule has 5 aromatic carbocycles. The summed E-state index contributed by atoms with van der Waals surface area (Å²) in [6, 6.07) is 38.9. The Morgan fingerprint density at radius 2 is 1.32 bits per heavy atom. The second-order valence-electron chi connectivity index (χ2n) is 9.01. The van der Waals surface area contributed by atoms with E-state index in [4.69, 9.17) is 0 Å². The van der Waals surface area contributed by atoms with Gasteiger partial charge in [0, 0.05) is 0 Å². The Balaban J connectivity index is 0.000000210. The molecule has 0 saturated heterocycles. The predicted octanol–water partition coefficient (Wildman–Crippen LogP) is 9.87. The first-order valence-corrected chi connectivity index (χ1v) is 13.6. The Morgan fingerprint density at radius 1 is 0.730 bits per heavy atom. The number of halogens is 2. The van der Waals surface area contributed by atoms with E-state index in [2.05, 4.69) is 128 Å². The summed E-state index contributed by atoms with van der Waals surface area (Å²) >= 11 is 1.46. The number of hydrogen-bond acceptors (Lipinski definition) is 0. The van der Waals surface area contributed by atoms with Gasteiger partial charge in [-0.05, 0) is 12.8 Å². The van der Waals surface area contributed by atoms with Crippen LogP contribution >= 0.6 is 24.8 Å². The van der Waals surface area contributed by atoms with Gasteiger partial charge in [0.05, 0.1) is 0 Å². The van der Waals surface area contributed by atoms with E-state index in [1.807, 2.05) is 0 Å². The normalized spacial score (nSPS) is 12.0. The fraction of sp³-hybridized carbons (Fsp3) is 0.118. The van der Waals surface area contributed by atoms with Gasteiger partial charge >= 0.3 is 99.2 Å². The first-order chi connectivity index (χ1) is 17.2. The molecule has 37 heavy (non-hydrogen) atoms. The average Bonchev–Trinajstić information content (AvgIpc) is 3.54. The van der Waals surface area contributed by atoms with E-state index in [0.29, 0.717) is 0 Å². The Kier molecular flexibility index (Phi) is 11.0. The molecule has 5 aromatic rings. The van der Waals surface area contributed by atoms with Crippen LogP contribution in [-0.2, 0) is 24.2 Å². The summed E-state index contributed by atoms with van der Waals surface area (Å²) in [5.74, 6) is 0. The molecule has 186 valence electrons. The van der Waals surface area contributed by atoms with Crippen LogP contribution in [0.2, 0.25) is 0 Å². The zero-order valence-electron chi connectivity index (χ0n) is 21.0. The van der Waals surface area contributed by atoms with Crippen molar-refractivity contribution in [1.29, 1.82) is 0 Å². The molecular formula is C34H31Cl2Zr-. The van der Waals surface area contributed by atoms with Gasteiger partial charge in [-0.2, -0.15) is 0 Å². The van der Waals surface area contributed by atoms with Crippen LogP contribution in [-0.4, -0.2) is 3.21 Å². The van der Waals surface area contributed by atoms with Crippen LogP contribution in [0, 0.1) is 0 Å². The second-order valence-corrected chi connectivity index (χ2v) is 10.2. The molecule has 0 unspecified atom stereocenters. The van der Waals surface area contributed by atoms with E-state index in [0.717, 1.165) is 6.42 Å². The summed E-state index contributed by atoms with van der Waals surface area (Å²) in [7, 11) is 0. The van der Waals surface area contributed by atoms with Crippen molar-refractivity contribution in [1.82, 2.24) is 0 Å². The number of hydrogen-bond donors (Lipinski definition) is 0. The molecule has 0 nitrogen and oxygen atoms in total. The van der Waals surface area contributed by atoms with Gasteiger partial charge in [0.2, 0.25) is 0 Å². The maximum atomic E-state index is 2.40. The third kappa shape index (κ3) is 6.72. The standard InChI is InChI=1S/C21H19.C13H10.2ClH.Zr/c1-2-6-15-11-12-17(13-15)19-9-5-10-20-18-8-4-3-7-16(18)14-21(19)20;1-3-7-12(8-4-1)11-13-9-5-2-6-10-13;;;/h3-5,7-11,13-14H,2,6,12H2,1H3;1-10H;2*1H;/q-1;;;;. The van der Waals surface area contributed by atoms with Crippen LogP contribution in [0.5, 0.6) is 0 Å². The molecule has 1 aliphatic rings. The molecule has 0 radical (unpaired) electrons. The second kappa shape index (κ2) is 13.9. The van der Waals surface area contributed by atoms with E-state index in [1.165, 1.54) is 89.7 Å². The number of fused-ring (bicyclic) bond motifs is 3. The van der Waals surface area contributed by atoms with Gasteiger partial charge < -0.3 is 0 Å². The molecule has 0 bridgehead atoms. The molecular weight excluding hydrogens is 571 g/mol. The van der Waals surface area contributed by atoms with Gasteiger partial charge in [-0.25, -0.2) is 0 Å². The van der Waals surface area contributed by atoms with Crippen molar-refractivity contribution >= 4 is 55.1 Å². The van der Waals surface area contributed by atoms with Crippen molar-refractivity contribution in [3.63, 3.8) is 0 Å². The van der Waals surface area contributed by atoms with Crippen LogP contribution in [0.4, 0.5) is 0 Å². The fourth-order valence-corrected chi connectivity index (χ4v) is 5.69. The summed E-state index contributed by atoms with van der Waals surface area (Å²) in [4.78, 5) is 0. The summed E-state index contributed by atoms with van der Waals surface area (Å²) in [6.45, 7) is 2.25. The van der Waals surface area contributed by atoms with Gasteiger partial charge in [-0.3, -0.25) is 0 Å². The third-order valence-electron chi connectivity index (χ3n) is 6.61. The molecule has 0 aliphatic heterocycles. The molecule has 3 heteroatoms. The summed E-state index contributed by atoms with van der Waals surface area (Å²) < 4.78 is 1.42. The van der Waals surface area contributed by atoms with Crippen LogP contribution in [0.1, 0.15) is 42.9 Å². The van der Waals surface area contributed by atoms with E-state index in [9.17, 15) is 0 Å². The van der Waals surface area contributed by atoms with Crippen molar-refractivity contribution < 1.29 is 24.2 Å². The summed E-state index contributed by atoms with van der Waals surface area (Å²) in [6.07, 6.45) is 8.29. The monoisotopic (exact) mass is 599 g/mol. The predicted molar refractivity (Wildman–Crippen MR) is 163 cm³/mol. The Labute approximate surface area is 247 Å². The van der Waals surface area contributed by atoms with Crippen LogP contribution in [0.15, 0.2) is 127 Å². The van der Waals surface area contributed by atoms with Gasteiger partial charge in [-0.15, -0.1) is 58.5 Å². The van der Waals surface area contributed by atoms with Crippen molar-refractivity contribution in [2.75, 3.05) is 0 Å². The van der Waals surface area contributed by atoms with Gasteiger partial charge in [-0.1, -0.05) is 78.6 Å². The molecule has 0 aromatic heterocycles. The van der Waals surface area contributed by atoms with Gasteiger partial charge in [0.25, 0.3) is 0 Å². The fourth-order valence-electron chi connectivity index (χ4n) is 4.87. The first-order valence-electron chi connectivity index (χ1n) is 12.4. The molecule has 0 spiro atoms. The molecule has 1 aliphatic carbocycles. The average molecular weight is 602 g/mol. The van der Waals surface area contributed by atoms with Crippen molar-refractivity contribution in [2.24, 2.45) is 0 Å². The quantitative estimate of drug-likeness (QED) is 0.176. The van der Waals surface area contributed by atoms with Gasteiger partial charge in [0.15, 0.2) is 0 Å². The number of allylic oxidation sites excluding steroid dienone is 4. The molecule has 0 saturated carbocycles. The minimum atomic E-state index is 0. The van der Waals surface area contributed by atoms with Crippen molar-refractivity contribution in [3.05, 3.63) is 144 Å². The topological polar surface area (TPSA) is 0 Å². The Bertz CT molecular complexity index is 1480. The van der Waals surface area contributed by atoms with Crippen molar-refractivity contribution in [2.45, 2.75) is 26.2 Å². The van der Waals surface area contributed by atoms with Gasteiger partial charge in [0.1, 0.15) is 0 Å². The van der Waals surface area contributed by atoms with Crippen LogP contribution < -0.4 is 0 Å². The molecule has 6 rings (SSSR count). The Hall–Kier alpha value is -2.44. The minimum absolute atomic E-state index is 0.